The molecular formula is C13H22. The first-order valence-corrected chi connectivity index (χ1v) is 5.36. The molecule has 0 radical (unpaired) electrons. The Labute approximate surface area is 83.0 Å². The van der Waals surface area contributed by atoms with Crippen LogP contribution in [0.15, 0.2) is 37.0 Å². The highest BCUT2D eigenvalue weighted by Crippen LogP contribution is 2.05. The summed E-state index contributed by atoms with van der Waals surface area (Å²) in [5.41, 5.74) is 0. The molecule has 74 valence electrons. The maximum absolute atomic E-state index is 3.61. The van der Waals surface area contributed by atoms with Crippen molar-refractivity contribution in [3.63, 3.8) is 0 Å². The Kier molecular flexibility index (Phi) is 10.5. The van der Waals surface area contributed by atoms with Gasteiger partial charge in [-0.1, -0.05) is 69.6 Å². The van der Waals surface area contributed by atoms with Crippen molar-refractivity contribution in [3.05, 3.63) is 37.0 Å². The van der Waals surface area contributed by atoms with E-state index in [1.54, 1.807) is 6.08 Å². The molecule has 0 atom stereocenters. The van der Waals surface area contributed by atoms with E-state index in [9.17, 15) is 0 Å². The van der Waals surface area contributed by atoms with Crippen LogP contribution in [-0.2, 0) is 0 Å². The lowest BCUT2D eigenvalue weighted by Crippen LogP contribution is -1.75. The SMILES string of the molecule is C=C/C=C\C=C\CCCCCCC. The first-order valence-electron chi connectivity index (χ1n) is 5.36. The van der Waals surface area contributed by atoms with E-state index in [1.807, 2.05) is 12.2 Å². The van der Waals surface area contributed by atoms with Crippen LogP contribution in [0.25, 0.3) is 0 Å². The van der Waals surface area contributed by atoms with Crippen LogP contribution in [0.1, 0.15) is 45.4 Å². The summed E-state index contributed by atoms with van der Waals surface area (Å²) in [5.74, 6) is 0. The normalized spacial score (nSPS) is 11.5. The van der Waals surface area contributed by atoms with Crippen molar-refractivity contribution in [2.75, 3.05) is 0 Å². The van der Waals surface area contributed by atoms with Gasteiger partial charge in [0.1, 0.15) is 0 Å². The molecule has 0 saturated carbocycles. The molecule has 0 aliphatic heterocycles. The fraction of sp³-hybridized carbons (Fsp3) is 0.538. The highest BCUT2D eigenvalue weighted by atomic mass is 13.9. The van der Waals surface area contributed by atoms with Gasteiger partial charge >= 0.3 is 0 Å². The van der Waals surface area contributed by atoms with Crippen LogP contribution in [0.2, 0.25) is 0 Å². The summed E-state index contributed by atoms with van der Waals surface area (Å²) in [6.07, 6.45) is 18.1. The molecule has 0 bridgehead atoms. The standard InChI is InChI=1S/C13H22/c1-3-5-7-9-11-13-12-10-8-6-4-2/h3,5,7,9,11H,1,4,6,8,10,12-13H2,2H3/b7-5-,11-9+. The van der Waals surface area contributed by atoms with Crippen molar-refractivity contribution < 1.29 is 0 Å². The van der Waals surface area contributed by atoms with Crippen molar-refractivity contribution in [1.82, 2.24) is 0 Å². The summed E-state index contributed by atoms with van der Waals surface area (Å²) in [4.78, 5) is 0. The monoisotopic (exact) mass is 178 g/mol. The zero-order valence-electron chi connectivity index (χ0n) is 8.84. The van der Waals surface area contributed by atoms with E-state index >= 15 is 0 Å². The van der Waals surface area contributed by atoms with Crippen LogP contribution in [0, 0.1) is 0 Å². The minimum atomic E-state index is 1.21. The van der Waals surface area contributed by atoms with Gasteiger partial charge in [0, 0.05) is 0 Å². The molecule has 0 unspecified atom stereocenters. The molecule has 0 aromatic rings. The molecule has 0 aromatic carbocycles. The minimum absolute atomic E-state index is 1.21. The number of rotatable bonds is 8. The van der Waals surface area contributed by atoms with Crippen LogP contribution >= 0.6 is 0 Å². The molecule has 0 heteroatoms. The summed E-state index contributed by atoms with van der Waals surface area (Å²) >= 11 is 0. The smallest absolute Gasteiger partial charge is 0.0348 e. The fourth-order valence-electron chi connectivity index (χ4n) is 1.18. The van der Waals surface area contributed by atoms with E-state index in [1.165, 1.54) is 38.5 Å². The lowest BCUT2D eigenvalue weighted by Gasteiger charge is -1.95. The van der Waals surface area contributed by atoms with Gasteiger partial charge in [0.05, 0.1) is 0 Å². The van der Waals surface area contributed by atoms with Crippen LogP contribution in [0.4, 0.5) is 0 Å². The maximum Gasteiger partial charge on any atom is -0.0348 e. The van der Waals surface area contributed by atoms with Crippen molar-refractivity contribution in [2.24, 2.45) is 0 Å². The van der Waals surface area contributed by atoms with E-state index < -0.39 is 0 Å². The van der Waals surface area contributed by atoms with Crippen LogP contribution in [0.3, 0.4) is 0 Å². The molecule has 0 N–H and O–H groups in total. The zero-order valence-corrected chi connectivity index (χ0v) is 8.84. The molecular weight excluding hydrogens is 156 g/mol. The highest BCUT2D eigenvalue weighted by Gasteiger charge is 1.85. The molecule has 0 heterocycles. The number of unbranched alkanes of at least 4 members (excludes halogenated alkanes) is 5. The van der Waals surface area contributed by atoms with Crippen LogP contribution in [-0.4, -0.2) is 0 Å². The van der Waals surface area contributed by atoms with Crippen LogP contribution < -0.4 is 0 Å². The van der Waals surface area contributed by atoms with Crippen LogP contribution in [0.5, 0.6) is 0 Å². The van der Waals surface area contributed by atoms with Crippen molar-refractivity contribution in [1.29, 1.82) is 0 Å². The lowest BCUT2D eigenvalue weighted by molar-refractivity contribution is 0.637. The molecule has 0 fully saturated rings. The summed E-state index contributed by atoms with van der Waals surface area (Å²) in [5, 5.41) is 0. The number of allylic oxidation sites excluding steroid dienone is 5. The topological polar surface area (TPSA) is 0 Å². The predicted molar refractivity (Wildman–Crippen MR) is 61.9 cm³/mol. The van der Waals surface area contributed by atoms with E-state index in [2.05, 4.69) is 25.7 Å². The zero-order chi connectivity index (χ0) is 9.78. The van der Waals surface area contributed by atoms with Gasteiger partial charge in [0.2, 0.25) is 0 Å². The Morgan fingerprint density at radius 2 is 1.69 bits per heavy atom. The van der Waals surface area contributed by atoms with E-state index in [0.29, 0.717) is 0 Å². The summed E-state index contributed by atoms with van der Waals surface area (Å²) in [6.45, 7) is 5.86. The third-order valence-corrected chi connectivity index (χ3v) is 1.97. The maximum atomic E-state index is 3.61. The van der Waals surface area contributed by atoms with Gasteiger partial charge in [-0.05, 0) is 12.8 Å². The average molecular weight is 178 g/mol. The summed E-state index contributed by atoms with van der Waals surface area (Å²) in [7, 11) is 0. The third-order valence-electron chi connectivity index (χ3n) is 1.97. The number of hydrogen-bond acceptors (Lipinski definition) is 0. The molecule has 0 aliphatic carbocycles. The Hall–Kier alpha value is -0.780. The van der Waals surface area contributed by atoms with Gasteiger partial charge in [-0.3, -0.25) is 0 Å². The fourth-order valence-corrected chi connectivity index (χ4v) is 1.18. The molecule has 0 aliphatic rings. The second-order valence-corrected chi connectivity index (χ2v) is 3.25. The Morgan fingerprint density at radius 1 is 0.923 bits per heavy atom. The quantitative estimate of drug-likeness (QED) is 0.375. The minimum Gasteiger partial charge on any atom is -0.0991 e. The molecule has 0 rings (SSSR count). The molecule has 0 spiro atoms. The number of hydrogen-bond donors (Lipinski definition) is 0. The van der Waals surface area contributed by atoms with Gasteiger partial charge in [-0.25, -0.2) is 0 Å². The Balaban J connectivity index is 3.10. The third kappa shape index (κ3) is 11.2. The van der Waals surface area contributed by atoms with E-state index in [0.717, 1.165) is 0 Å². The Morgan fingerprint density at radius 3 is 2.38 bits per heavy atom. The molecule has 0 aromatic heterocycles. The average Bonchev–Trinajstić information content (AvgIpc) is 2.16. The highest BCUT2D eigenvalue weighted by molar-refractivity contribution is 5.08. The van der Waals surface area contributed by atoms with Gasteiger partial charge < -0.3 is 0 Å². The summed E-state index contributed by atoms with van der Waals surface area (Å²) < 4.78 is 0. The molecule has 0 saturated heterocycles. The molecule has 0 nitrogen and oxygen atoms in total. The van der Waals surface area contributed by atoms with Crippen molar-refractivity contribution in [3.8, 4) is 0 Å². The predicted octanol–water partition coefficient (Wildman–Crippen LogP) is 4.65. The van der Waals surface area contributed by atoms with Crippen molar-refractivity contribution in [2.45, 2.75) is 45.4 Å². The first-order chi connectivity index (χ1) is 6.41. The van der Waals surface area contributed by atoms with Gasteiger partial charge in [0.25, 0.3) is 0 Å². The second kappa shape index (κ2) is 11.2. The summed E-state index contributed by atoms with van der Waals surface area (Å²) in [6, 6.07) is 0. The van der Waals surface area contributed by atoms with Crippen molar-refractivity contribution >= 4 is 0 Å². The Bertz CT molecular complexity index is 151. The lowest BCUT2D eigenvalue weighted by atomic mass is 10.1. The molecule has 13 heavy (non-hydrogen) atoms. The molecule has 0 amide bonds. The van der Waals surface area contributed by atoms with Gasteiger partial charge in [-0.2, -0.15) is 0 Å². The van der Waals surface area contributed by atoms with Gasteiger partial charge in [-0.15, -0.1) is 0 Å². The largest absolute Gasteiger partial charge is 0.0991 e. The van der Waals surface area contributed by atoms with E-state index in [4.69, 9.17) is 0 Å². The first kappa shape index (κ1) is 12.2. The van der Waals surface area contributed by atoms with Gasteiger partial charge in [0.15, 0.2) is 0 Å². The van der Waals surface area contributed by atoms with E-state index in [-0.39, 0.29) is 0 Å². The second-order valence-electron chi connectivity index (χ2n) is 3.25.